The summed E-state index contributed by atoms with van der Waals surface area (Å²) >= 11 is 0. The van der Waals surface area contributed by atoms with Crippen LogP contribution in [-0.4, -0.2) is 42.1 Å². The summed E-state index contributed by atoms with van der Waals surface area (Å²) in [7, 11) is -3.40. The Kier molecular flexibility index (Phi) is 3.13. The summed E-state index contributed by atoms with van der Waals surface area (Å²) in [5.41, 5.74) is 0. The molecule has 5 nitrogen and oxygen atoms in total. The highest BCUT2D eigenvalue weighted by Crippen LogP contribution is 2.18. The fraction of sp³-hybridized carbons (Fsp3) is 0.625. The largest absolute Gasteiger partial charge is 0.480 e. The Morgan fingerprint density at radius 2 is 2.29 bits per heavy atom. The zero-order chi connectivity index (χ0) is 10.8. The molecule has 14 heavy (non-hydrogen) atoms. The van der Waals surface area contributed by atoms with Crippen molar-refractivity contribution in [3.63, 3.8) is 0 Å². The third kappa shape index (κ3) is 2.05. The molecular weight excluding hydrogens is 206 g/mol. The summed E-state index contributed by atoms with van der Waals surface area (Å²) in [6.07, 6.45) is 5.37. The maximum atomic E-state index is 11.4. The number of aliphatic carboxylic acids is 1. The van der Waals surface area contributed by atoms with Gasteiger partial charge < -0.3 is 5.11 Å². The molecule has 1 heterocycles. The van der Waals surface area contributed by atoms with Gasteiger partial charge in [0.1, 0.15) is 6.04 Å². The standard InChI is InChI=1S/C8H11NO4S/c1-2-4-7(8(10)11)9-5-3-6-14(9,12)13/h1,7H,3-6H2,(H,10,11). The van der Waals surface area contributed by atoms with Crippen molar-refractivity contribution in [3.8, 4) is 12.3 Å². The van der Waals surface area contributed by atoms with Crippen LogP contribution >= 0.6 is 0 Å². The quantitative estimate of drug-likeness (QED) is 0.647. The van der Waals surface area contributed by atoms with Crippen LogP contribution in [0.1, 0.15) is 12.8 Å². The molecule has 0 bridgehead atoms. The van der Waals surface area contributed by atoms with E-state index in [-0.39, 0.29) is 18.7 Å². The van der Waals surface area contributed by atoms with E-state index >= 15 is 0 Å². The predicted molar refractivity (Wildman–Crippen MR) is 50.0 cm³/mol. The van der Waals surface area contributed by atoms with Gasteiger partial charge in [-0.1, -0.05) is 0 Å². The zero-order valence-electron chi connectivity index (χ0n) is 7.51. The fourth-order valence-electron chi connectivity index (χ4n) is 1.43. The van der Waals surface area contributed by atoms with Gasteiger partial charge in [-0.2, -0.15) is 4.31 Å². The lowest BCUT2D eigenvalue weighted by Crippen LogP contribution is -2.41. The SMILES string of the molecule is C#CCC(C(=O)O)N1CCCS1(=O)=O. The van der Waals surface area contributed by atoms with Gasteiger partial charge in [0, 0.05) is 13.0 Å². The van der Waals surface area contributed by atoms with Gasteiger partial charge >= 0.3 is 5.97 Å². The van der Waals surface area contributed by atoms with Gasteiger partial charge in [0.2, 0.25) is 10.0 Å². The lowest BCUT2D eigenvalue weighted by molar-refractivity contribution is -0.141. The molecule has 1 N–H and O–H groups in total. The van der Waals surface area contributed by atoms with Crippen LogP contribution in [0.15, 0.2) is 0 Å². The van der Waals surface area contributed by atoms with Crippen molar-refractivity contribution >= 4 is 16.0 Å². The fourth-order valence-corrected chi connectivity index (χ4v) is 3.12. The number of hydrogen-bond donors (Lipinski definition) is 1. The first-order chi connectivity index (χ1) is 6.49. The maximum Gasteiger partial charge on any atom is 0.323 e. The Bertz CT molecular complexity index is 367. The van der Waals surface area contributed by atoms with E-state index in [1.54, 1.807) is 0 Å². The predicted octanol–water partition coefficient (Wildman–Crippen LogP) is -0.502. The highest BCUT2D eigenvalue weighted by atomic mass is 32.2. The maximum absolute atomic E-state index is 11.4. The van der Waals surface area contributed by atoms with Crippen molar-refractivity contribution in [1.29, 1.82) is 0 Å². The molecule has 0 aromatic heterocycles. The third-order valence-electron chi connectivity index (χ3n) is 2.08. The van der Waals surface area contributed by atoms with E-state index in [2.05, 4.69) is 5.92 Å². The van der Waals surface area contributed by atoms with E-state index < -0.39 is 22.0 Å². The zero-order valence-corrected chi connectivity index (χ0v) is 8.33. The number of carboxylic acids is 1. The highest BCUT2D eigenvalue weighted by molar-refractivity contribution is 7.89. The van der Waals surface area contributed by atoms with Gasteiger partial charge in [-0.15, -0.1) is 12.3 Å². The molecule has 1 aliphatic heterocycles. The molecule has 0 aromatic carbocycles. The van der Waals surface area contributed by atoms with E-state index in [1.165, 1.54) is 0 Å². The van der Waals surface area contributed by atoms with Crippen molar-refractivity contribution in [2.24, 2.45) is 0 Å². The molecule has 1 fully saturated rings. The van der Waals surface area contributed by atoms with E-state index in [0.29, 0.717) is 6.42 Å². The number of terminal acetylenes is 1. The molecule has 78 valence electrons. The van der Waals surface area contributed by atoms with Gasteiger partial charge in [-0.25, -0.2) is 8.42 Å². The van der Waals surface area contributed by atoms with Crippen LogP contribution in [-0.2, 0) is 14.8 Å². The molecule has 6 heteroatoms. The first kappa shape index (κ1) is 11.0. The molecule has 0 aliphatic carbocycles. The third-order valence-corrected chi connectivity index (χ3v) is 4.04. The minimum absolute atomic E-state index is 0.0152. The molecule has 0 amide bonds. The van der Waals surface area contributed by atoms with E-state index in [1.807, 2.05) is 0 Å². The average Bonchev–Trinajstić information content (AvgIpc) is 2.40. The lowest BCUT2D eigenvalue weighted by atomic mass is 10.2. The number of hydrogen-bond acceptors (Lipinski definition) is 3. The van der Waals surface area contributed by atoms with Gasteiger partial charge in [-0.05, 0) is 6.42 Å². The van der Waals surface area contributed by atoms with Crippen molar-refractivity contribution < 1.29 is 18.3 Å². The van der Waals surface area contributed by atoms with Crippen LogP contribution in [0.4, 0.5) is 0 Å². The Morgan fingerprint density at radius 1 is 1.64 bits per heavy atom. The average molecular weight is 217 g/mol. The van der Waals surface area contributed by atoms with Gasteiger partial charge in [-0.3, -0.25) is 4.79 Å². The summed E-state index contributed by atoms with van der Waals surface area (Å²) < 4.78 is 23.7. The van der Waals surface area contributed by atoms with Crippen molar-refractivity contribution in [2.45, 2.75) is 18.9 Å². The monoisotopic (exact) mass is 217 g/mol. The number of rotatable bonds is 3. The molecule has 1 aliphatic rings. The van der Waals surface area contributed by atoms with Gasteiger partial charge in [0.15, 0.2) is 0 Å². The summed E-state index contributed by atoms with van der Waals surface area (Å²) in [5.74, 6) is 1.01. The second kappa shape index (κ2) is 3.98. The van der Waals surface area contributed by atoms with Crippen LogP contribution in [0.25, 0.3) is 0 Å². The highest BCUT2D eigenvalue weighted by Gasteiger charge is 2.37. The van der Waals surface area contributed by atoms with Crippen LogP contribution in [0.5, 0.6) is 0 Å². The van der Waals surface area contributed by atoms with Crippen molar-refractivity contribution in [1.82, 2.24) is 4.31 Å². The number of nitrogens with zero attached hydrogens (tertiary/aromatic N) is 1. The van der Waals surface area contributed by atoms with Crippen LogP contribution in [0.2, 0.25) is 0 Å². The first-order valence-electron chi connectivity index (χ1n) is 4.15. The van der Waals surface area contributed by atoms with Crippen LogP contribution in [0.3, 0.4) is 0 Å². The minimum Gasteiger partial charge on any atom is -0.480 e. The van der Waals surface area contributed by atoms with Gasteiger partial charge in [0.25, 0.3) is 0 Å². The molecule has 0 radical (unpaired) electrons. The molecule has 1 atom stereocenters. The number of sulfonamides is 1. The topological polar surface area (TPSA) is 74.7 Å². The second-order valence-corrected chi connectivity index (χ2v) is 5.08. The molecule has 1 saturated heterocycles. The number of carbonyl (C=O) groups is 1. The lowest BCUT2D eigenvalue weighted by Gasteiger charge is -2.20. The first-order valence-corrected chi connectivity index (χ1v) is 5.76. The van der Waals surface area contributed by atoms with Gasteiger partial charge in [0.05, 0.1) is 5.75 Å². The molecule has 1 unspecified atom stereocenters. The van der Waals surface area contributed by atoms with Crippen molar-refractivity contribution in [3.05, 3.63) is 0 Å². The molecule has 0 spiro atoms. The summed E-state index contributed by atoms with van der Waals surface area (Å²) in [6.45, 7) is 0.251. The molecule has 1 rings (SSSR count). The Balaban J connectivity index is 2.90. The van der Waals surface area contributed by atoms with E-state index in [4.69, 9.17) is 11.5 Å². The van der Waals surface area contributed by atoms with E-state index in [0.717, 1.165) is 4.31 Å². The van der Waals surface area contributed by atoms with Crippen LogP contribution < -0.4 is 0 Å². The smallest absolute Gasteiger partial charge is 0.323 e. The molecule has 0 aromatic rings. The molecule has 0 saturated carbocycles. The summed E-state index contributed by atoms with van der Waals surface area (Å²) in [5, 5.41) is 8.80. The molecular formula is C8H11NO4S. The Hall–Kier alpha value is -1.06. The Labute approximate surface area is 82.8 Å². The van der Waals surface area contributed by atoms with Crippen molar-refractivity contribution in [2.75, 3.05) is 12.3 Å². The number of carboxylic acid groups (broad SMARTS) is 1. The minimum atomic E-state index is -3.40. The summed E-state index contributed by atoms with van der Waals surface area (Å²) in [4.78, 5) is 10.8. The second-order valence-electron chi connectivity index (χ2n) is 3.04. The normalized spacial score (nSPS) is 22.8. The summed E-state index contributed by atoms with van der Waals surface area (Å²) in [6, 6.07) is -1.10. The Morgan fingerprint density at radius 3 is 2.64 bits per heavy atom. The van der Waals surface area contributed by atoms with Crippen LogP contribution in [0, 0.1) is 12.3 Å². The van der Waals surface area contributed by atoms with E-state index in [9.17, 15) is 13.2 Å².